The minimum absolute atomic E-state index is 0.00233. The Labute approximate surface area is 186 Å². The van der Waals surface area contributed by atoms with Crippen LogP contribution in [0.5, 0.6) is 0 Å². The Morgan fingerprint density at radius 2 is 1.91 bits per heavy atom. The van der Waals surface area contributed by atoms with E-state index in [-0.39, 0.29) is 5.56 Å². The van der Waals surface area contributed by atoms with Gasteiger partial charge in [0.05, 0.1) is 22.6 Å². The topological polar surface area (TPSA) is 79.7 Å². The highest BCUT2D eigenvalue weighted by Crippen LogP contribution is 2.26. The molecule has 0 saturated carbocycles. The van der Waals surface area contributed by atoms with Crippen LogP contribution in [0.4, 0.5) is 0 Å². The van der Waals surface area contributed by atoms with Crippen LogP contribution in [0, 0.1) is 0 Å². The first kappa shape index (κ1) is 20.3. The van der Waals surface area contributed by atoms with Gasteiger partial charge >= 0.3 is 0 Å². The summed E-state index contributed by atoms with van der Waals surface area (Å²) in [6.45, 7) is 4.26. The first-order valence-electron chi connectivity index (χ1n) is 11.1. The SMILES string of the molecule is CCCc1nc2c(c(=O)[nH]1)CN(Cc1cn(-c3ccccc3)nc1-c1ccncc1)CC2. The predicted octanol–water partition coefficient (Wildman–Crippen LogP) is 3.53. The molecule has 0 fully saturated rings. The van der Waals surface area contributed by atoms with Gasteiger partial charge in [0.15, 0.2) is 0 Å². The van der Waals surface area contributed by atoms with Crippen molar-refractivity contribution in [3.05, 3.63) is 94.1 Å². The van der Waals surface area contributed by atoms with Crippen molar-refractivity contribution in [3.63, 3.8) is 0 Å². The molecule has 7 nitrogen and oxygen atoms in total. The number of pyridine rings is 1. The zero-order valence-electron chi connectivity index (χ0n) is 18.2. The standard InChI is InChI=1S/C25H26N6O/c1-2-6-23-27-22-11-14-30(17-21(22)25(32)28-23)15-19-16-31(20-7-4-3-5-8-20)29-24(19)18-9-12-26-13-10-18/h3-5,7-10,12-13,16H,2,6,11,14-15,17H2,1H3,(H,27,28,32). The van der Waals surface area contributed by atoms with Crippen LogP contribution in [0.3, 0.4) is 0 Å². The molecule has 1 aromatic carbocycles. The lowest BCUT2D eigenvalue weighted by molar-refractivity contribution is 0.241. The third kappa shape index (κ3) is 4.11. The predicted molar refractivity (Wildman–Crippen MR) is 123 cm³/mol. The number of rotatable bonds is 6. The third-order valence-electron chi connectivity index (χ3n) is 5.84. The maximum Gasteiger partial charge on any atom is 0.255 e. The Bertz CT molecular complexity index is 1260. The summed E-state index contributed by atoms with van der Waals surface area (Å²) in [5.74, 6) is 0.800. The number of aryl methyl sites for hydroxylation is 1. The number of fused-ring (bicyclic) bond motifs is 1. The molecule has 1 aliphatic heterocycles. The van der Waals surface area contributed by atoms with Crippen molar-refractivity contribution < 1.29 is 0 Å². The maximum absolute atomic E-state index is 12.7. The molecule has 0 aliphatic carbocycles. The smallest absolute Gasteiger partial charge is 0.255 e. The summed E-state index contributed by atoms with van der Waals surface area (Å²) < 4.78 is 1.92. The molecule has 0 unspecified atom stereocenters. The van der Waals surface area contributed by atoms with Crippen LogP contribution in [0.15, 0.2) is 65.8 Å². The van der Waals surface area contributed by atoms with Crippen LogP contribution in [0.25, 0.3) is 16.9 Å². The van der Waals surface area contributed by atoms with Crippen molar-refractivity contribution in [2.45, 2.75) is 39.3 Å². The Kier molecular flexibility index (Phi) is 5.64. The summed E-state index contributed by atoms with van der Waals surface area (Å²) in [5.41, 5.74) is 5.84. The van der Waals surface area contributed by atoms with Crippen LogP contribution in [0.2, 0.25) is 0 Å². The largest absolute Gasteiger partial charge is 0.310 e. The Balaban J connectivity index is 1.45. The quantitative estimate of drug-likeness (QED) is 0.510. The van der Waals surface area contributed by atoms with Gasteiger partial charge in [-0.25, -0.2) is 9.67 Å². The molecule has 32 heavy (non-hydrogen) atoms. The first-order valence-corrected chi connectivity index (χ1v) is 11.1. The highest BCUT2D eigenvalue weighted by atomic mass is 16.1. The zero-order chi connectivity index (χ0) is 21.9. The average molecular weight is 427 g/mol. The minimum Gasteiger partial charge on any atom is -0.310 e. The molecule has 0 saturated heterocycles. The number of aromatic amines is 1. The van der Waals surface area contributed by atoms with Gasteiger partial charge in [0.25, 0.3) is 5.56 Å². The summed E-state index contributed by atoms with van der Waals surface area (Å²) in [6.07, 6.45) is 8.23. The van der Waals surface area contributed by atoms with Gasteiger partial charge in [0.2, 0.25) is 0 Å². The Morgan fingerprint density at radius 3 is 2.69 bits per heavy atom. The highest BCUT2D eigenvalue weighted by Gasteiger charge is 2.23. The van der Waals surface area contributed by atoms with E-state index in [0.29, 0.717) is 13.1 Å². The van der Waals surface area contributed by atoms with Gasteiger partial charge in [-0.15, -0.1) is 0 Å². The molecule has 0 radical (unpaired) electrons. The molecule has 4 aromatic rings. The van der Waals surface area contributed by atoms with Crippen molar-refractivity contribution in [1.82, 2.24) is 29.6 Å². The molecule has 1 aliphatic rings. The van der Waals surface area contributed by atoms with E-state index < -0.39 is 0 Å². The third-order valence-corrected chi connectivity index (χ3v) is 5.84. The number of nitrogens with one attached hydrogen (secondary N) is 1. The molecule has 0 bridgehead atoms. The van der Waals surface area contributed by atoms with Crippen molar-refractivity contribution >= 4 is 0 Å². The van der Waals surface area contributed by atoms with Gasteiger partial charge in [-0.2, -0.15) is 5.10 Å². The lowest BCUT2D eigenvalue weighted by atomic mass is 10.0. The second-order valence-electron chi connectivity index (χ2n) is 8.17. The summed E-state index contributed by atoms with van der Waals surface area (Å²) in [4.78, 5) is 26.8. The van der Waals surface area contributed by atoms with E-state index in [1.165, 1.54) is 0 Å². The number of hydrogen-bond acceptors (Lipinski definition) is 5. The van der Waals surface area contributed by atoms with Crippen molar-refractivity contribution in [2.75, 3.05) is 6.54 Å². The number of aromatic nitrogens is 5. The van der Waals surface area contributed by atoms with E-state index >= 15 is 0 Å². The van der Waals surface area contributed by atoms with E-state index in [9.17, 15) is 4.79 Å². The van der Waals surface area contributed by atoms with E-state index in [4.69, 9.17) is 10.1 Å². The fraction of sp³-hybridized carbons (Fsp3) is 0.280. The Hall–Kier alpha value is -3.58. The van der Waals surface area contributed by atoms with Crippen molar-refractivity contribution in [3.8, 4) is 16.9 Å². The van der Waals surface area contributed by atoms with E-state index in [0.717, 1.165) is 65.4 Å². The molecule has 5 rings (SSSR count). The highest BCUT2D eigenvalue weighted by molar-refractivity contribution is 5.62. The van der Waals surface area contributed by atoms with E-state index in [1.807, 2.05) is 47.1 Å². The second-order valence-corrected chi connectivity index (χ2v) is 8.17. The second kappa shape index (κ2) is 8.88. The summed E-state index contributed by atoms with van der Waals surface area (Å²) >= 11 is 0. The molecule has 3 aromatic heterocycles. The molecule has 1 N–H and O–H groups in total. The fourth-order valence-electron chi connectivity index (χ4n) is 4.25. The number of H-pyrrole nitrogens is 1. The normalized spacial score (nSPS) is 13.8. The van der Waals surface area contributed by atoms with Gasteiger partial charge < -0.3 is 4.98 Å². The molecule has 7 heteroatoms. The minimum atomic E-state index is -0.00233. The van der Waals surface area contributed by atoms with Crippen molar-refractivity contribution in [2.24, 2.45) is 0 Å². The molecule has 0 amide bonds. The maximum atomic E-state index is 12.7. The number of benzene rings is 1. The molecule has 4 heterocycles. The van der Waals surface area contributed by atoms with Crippen LogP contribution in [0.1, 0.15) is 36.0 Å². The fourth-order valence-corrected chi connectivity index (χ4v) is 4.25. The molecular formula is C25H26N6O. The van der Waals surface area contributed by atoms with Crippen LogP contribution in [-0.2, 0) is 25.9 Å². The van der Waals surface area contributed by atoms with Crippen molar-refractivity contribution in [1.29, 1.82) is 0 Å². The molecular weight excluding hydrogens is 400 g/mol. The van der Waals surface area contributed by atoms with E-state index in [2.05, 4.69) is 28.0 Å². The lowest BCUT2D eigenvalue weighted by Crippen LogP contribution is -2.35. The number of hydrogen-bond donors (Lipinski definition) is 1. The lowest BCUT2D eigenvalue weighted by Gasteiger charge is -2.27. The van der Waals surface area contributed by atoms with E-state index in [1.54, 1.807) is 12.4 Å². The van der Waals surface area contributed by atoms with Gasteiger partial charge in [0, 0.05) is 62.2 Å². The summed E-state index contributed by atoms with van der Waals surface area (Å²) in [6, 6.07) is 14.1. The molecule has 162 valence electrons. The Morgan fingerprint density at radius 1 is 1.09 bits per heavy atom. The van der Waals surface area contributed by atoms with Crippen LogP contribution >= 0.6 is 0 Å². The van der Waals surface area contributed by atoms with Gasteiger partial charge in [-0.3, -0.25) is 14.7 Å². The summed E-state index contributed by atoms with van der Waals surface area (Å²) in [7, 11) is 0. The zero-order valence-corrected chi connectivity index (χ0v) is 18.2. The van der Waals surface area contributed by atoms with Crippen LogP contribution < -0.4 is 5.56 Å². The van der Waals surface area contributed by atoms with Gasteiger partial charge in [-0.05, 0) is 30.7 Å². The monoisotopic (exact) mass is 426 g/mol. The molecule has 0 spiro atoms. The molecule has 0 atom stereocenters. The first-order chi connectivity index (χ1) is 15.7. The van der Waals surface area contributed by atoms with Gasteiger partial charge in [0.1, 0.15) is 5.82 Å². The summed E-state index contributed by atoms with van der Waals surface area (Å²) in [5, 5.41) is 4.89. The average Bonchev–Trinajstić information content (AvgIpc) is 3.25. The van der Waals surface area contributed by atoms with Crippen LogP contribution in [-0.4, -0.2) is 36.2 Å². The van der Waals surface area contributed by atoms with Gasteiger partial charge in [-0.1, -0.05) is 25.1 Å². The number of nitrogens with zero attached hydrogens (tertiary/aromatic N) is 5. The number of para-hydroxylation sites is 1.